The molecule has 0 amide bonds. The van der Waals surface area contributed by atoms with Gasteiger partial charge in [0.05, 0.1) is 16.8 Å². The number of aliphatic hydroxyl groups excluding tert-OH is 1. The van der Waals surface area contributed by atoms with Crippen LogP contribution in [0.15, 0.2) is 29.2 Å². The summed E-state index contributed by atoms with van der Waals surface area (Å²) in [5.74, 6) is 0.404. The van der Waals surface area contributed by atoms with Gasteiger partial charge in [0, 0.05) is 5.75 Å². The molecule has 1 rings (SSSR count). The first kappa shape index (κ1) is 12.5. The lowest BCUT2D eigenvalue weighted by atomic mass is 10.1. The predicted octanol–water partition coefficient (Wildman–Crippen LogP) is 1.44. The van der Waals surface area contributed by atoms with E-state index in [2.05, 4.69) is 12.6 Å². The smallest absolute Gasteiger partial charge is 0.178 e. The molecule has 0 heterocycles. The van der Waals surface area contributed by atoms with Crippen LogP contribution in [-0.2, 0) is 9.84 Å². The van der Waals surface area contributed by atoms with Crippen LogP contribution < -0.4 is 0 Å². The molecule has 0 aliphatic heterocycles. The van der Waals surface area contributed by atoms with Crippen LogP contribution in [0.25, 0.3) is 0 Å². The normalized spacial score (nSPS) is 13.8. The van der Waals surface area contributed by atoms with E-state index in [4.69, 9.17) is 0 Å². The van der Waals surface area contributed by atoms with Crippen LogP contribution in [0, 0.1) is 0 Å². The van der Waals surface area contributed by atoms with Crippen molar-refractivity contribution in [3.63, 3.8) is 0 Å². The van der Waals surface area contributed by atoms with E-state index < -0.39 is 15.9 Å². The Morgan fingerprint density at radius 1 is 1.33 bits per heavy atom. The zero-order chi connectivity index (χ0) is 11.5. The molecule has 0 fully saturated rings. The Labute approximate surface area is 95.5 Å². The monoisotopic (exact) mass is 246 g/mol. The lowest BCUT2D eigenvalue weighted by Gasteiger charge is -2.08. The van der Waals surface area contributed by atoms with E-state index in [9.17, 15) is 13.5 Å². The highest BCUT2D eigenvalue weighted by molar-refractivity contribution is 7.91. The van der Waals surface area contributed by atoms with Crippen LogP contribution in [0.5, 0.6) is 0 Å². The summed E-state index contributed by atoms with van der Waals surface area (Å²) in [6.45, 7) is 1.60. The van der Waals surface area contributed by atoms with Gasteiger partial charge < -0.3 is 5.11 Å². The molecule has 0 bridgehead atoms. The van der Waals surface area contributed by atoms with E-state index in [1.165, 1.54) is 12.1 Å². The van der Waals surface area contributed by atoms with Gasteiger partial charge in [0.2, 0.25) is 0 Å². The lowest BCUT2D eigenvalue weighted by Crippen LogP contribution is -2.04. The summed E-state index contributed by atoms with van der Waals surface area (Å²) in [5, 5.41) is 9.45. The second kappa shape index (κ2) is 5.01. The SMILES string of the molecule is CCS(=O)(=O)c1ccc(C(O)CS)cc1. The third-order valence-corrected chi connectivity index (χ3v) is 4.27. The Kier molecular flexibility index (Phi) is 4.19. The second-order valence-electron chi connectivity index (χ2n) is 3.17. The van der Waals surface area contributed by atoms with E-state index in [0.29, 0.717) is 16.2 Å². The first-order valence-corrected chi connectivity index (χ1v) is 6.91. The van der Waals surface area contributed by atoms with Crippen molar-refractivity contribution in [1.29, 1.82) is 0 Å². The second-order valence-corrected chi connectivity index (χ2v) is 5.81. The molecule has 0 aliphatic rings. The largest absolute Gasteiger partial charge is 0.388 e. The summed E-state index contributed by atoms with van der Waals surface area (Å²) < 4.78 is 22.9. The summed E-state index contributed by atoms with van der Waals surface area (Å²) in [5.41, 5.74) is 0.681. The third kappa shape index (κ3) is 2.96. The molecule has 0 spiro atoms. The lowest BCUT2D eigenvalue weighted by molar-refractivity contribution is 0.204. The minimum absolute atomic E-state index is 0.0848. The number of hydrogen-bond donors (Lipinski definition) is 2. The average Bonchev–Trinajstić information content (AvgIpc) is 2.28. The van der Waals surface area contributed by atoms with Gasteiger partial charge in [-0.05, 0) is 17.7 Å². The molecular formula is C10H14O3S2. The zero-order valence-electron chi connectivity index (χ0n) is 8.42. The highest BCUT2D eigenvalue weighted by Crippen LogP contribution is 2.17. The van der Waals surface area contributed by atoms with Crippen LogP contribution in [0.3, 0.4) is 0 Å². The fourth-order valence-electron chi connectivity index (χ4n) is 1.17. The van der Waals surface area contributed by atoms with Crippen LogP contribution in [0.1, 0.15) is 18.6 Å². The summed E-state index contributed by atoms with van der Waals surface area (Å²) in [7, 11) is -3.15. The molecule has 5 heteroatoms. The van der Waals surface area contributed by atoms with Crippen molar-refractivity contribution in [2.45, 2.75) is 17.9 Å². The van der Waals surface area contributed by atoms with Crippen molar-refractivity contribution >= 4 is 22.5 Å². The number of hydrogen-bond acceptors (Lipinski definition) is 4. The molecule has 0 saturated heterocycles. The molecule has 1 N–H and O–H groups in total. The van der Waals surface area contributed by atoms with E-state index >= 15 is 0 Å². The van der Waals surface area contributed by atoms with Crippen molar-refractivity contribution in [3.8, 4) is 0 Å². The number of benzene rings is 1. The molecule has 84 valence electrons. The maximum absolute atomic E-state index is 11.5. The fourth-order valence-corrected chi connectivity index (χ4v) is 2.26. The van der Waals surface area contributed by atoms with Crippen molar-refractivity contribution < 1.29 is 13.5 Å². The van der Waals surface area contributed by atoms with E-state index in [0.717, 1.165) is 0 Å². The van der Waals surface area contributed by atoms with Crippen molar-refractivity contribution in [2.75, 3.05) is 11.5 Å². The van der Waals surface area contributed by atoms with Gasteiger partial charge in [-0.15, -0.1) is 0 Å². The molecule has 15 heavy (non-hydrogen) atoms. The molecule has 1 unspecified atom stereocenters. The number of thiol groups is 1. The highest BCUT2D eigenvalue weighted by Gasteiger charge is 2.12. The fraction of sp³-hybridized carbons (Fsp3) is 0.400. The van der Waals surface area contributed by atoms with Crippen molar-refractivity contribution in [2.24, 2.45) is 0 Å². The molecule has 0 aliphatic carbocycles. The predicted molar refractivity (Wildman–Crippen MR) is 63.0 cm³/mol. The topological polar surface area (TPSA) is 54.4 Å². The van der Waals surface area contributed by atoms with E-state index in [1.807, 2.05) is 0 Å². The quantitative estimate of drug-likeness (QED) is 0.791. The van der Waals surface area contributed by atoms with Gasteiger partial charge >= 0.3 is 0 Å². The standard InChI is InChI=1S/C10H14O3S2/c1-2-15(12,13)9-5-3-8(4-6-9)10(11)7-14/h3-6,10-11,14H,2,7H2,1H3. The molecule has 0 aromatic heterocycles. The van der Waals surface area contributed by atoms with E-state index in [1.54, 1.807) is 19.1 Å². The minimum atomic E-state index is -3.15. The van der Waals surface area contributed by atoms with Crippen LogP contribution in [0.2, 0.25) is 0 Å². The first-order chi connectivity index (χ1) is 7.01. The van der Waals surface area contributed by atoms with Crippen LogP contribution >= 0.6 is 12.6 Å². The molecule has 3 nitrogen and oxygen atoms in total. The minimum Gasteiger partial charge on any atom is -0.388 e. The van der Waals surface area contributed by atoms with Gasteiger partial charge in [0.1, 0.15) is 0 Å². The highest BCUT2D eigenvalue weighted by atomic mass is 32.2. The zero-order valence-corrected chi connectivity index (χ0v) is 10.1. The van der Waals surface area contributed by atoms with Crippen LogP contribution in [0.4, 0.5) is 0 Å². The number of sulfone groups is 1. The van der Waals surface area contributed by atoms with Gasteiger partial charge in [-0.2, -0.15) is 12.6 Å². The van der Waals surface area contributed by atoms with Gasteiger partial charge in [-0.3, -0.25) is 0 Å². The maximum atomic E-state index is 11.5. The molecular weight excluding hydrogens is 232 g/mol. The average molecular weight is 246 g/mol. The molecule has 1 aromatic rings. The van der Waals surface area contributed by atoms with Gasteiger partial charge in [-0.25, -0.2) is 8.42 Å². The maximum Gasteiger partial charge on any atom is 0.178 e. The molecule has 1 atom stereocenters. The Balaban J connectivity index is 3.00. The Hall–Kier alpha value is -0.520. The Morgan fingerprint density at radius 2 is 1.87 bits per heavy atom. The van der Waals surface area contributed by atoms with Gasteiger partial charge in [0.15, 0.2) is 9.84 Å². The first-order valence-electron chi connectivity index (χ1n) is 4.63. The Bertz CT molecular complexity index is 409. The van der Waals surface area contributed by atoms with Gasteiger partial charge in [0.25, 0.3) is 0 Å². The van der Waals surface area contributed by atoms with E-state index in [-0.39, 0.29) is 5.75 Å². The van der Waals surface area contributed by atoms with Gasteiger partial charge in [-0.1, -0.05) is 19.1 Å². The van der Waals surface area contributed by atoms with Crippen molar-refractivity contribution in [3.05, 3.63) is 29.8 Å². The summed E-state index contributed by atoms with van der Waals surface area (Å²) in [4.78, 5) is 0.292. The number of aliphatic hydroxyl groups is 1. The summed E-state index contributed by atoms with van der Waals surface area (Å²) in [6.07, 6.45) is -0.647. The molecule has 0 radical (unpaired) electrons. The Morgan fingerprint density at radius 3 is 2.27 bits per heavy atom. The third-order valence-electron chi connectivity index (χ3n) is 2.18. The van der Waals surface area contributed by atoms with Crippen LogP contribution in [-0.4, -0.2) is 25.0 Å². The number of rotatable bonds is 4. The molecule has 1 aromatic carbocycles. The summed E-state index contributed by atoms with van der Waals surface area (Å²) >= 11 is 3.96. The van der Waals surface area contributed by atoms with Crippen molar-refractivity contribution in [1.82, 2.24) is 0 Å². The summed E-state index contributed by atoms with van der Waals surface area (Å²) in [6, 6.07) is 6.26. The molecule has 0 saturated carbocycles.